The van der Waals surface area contributed by atoms with Crippen LogP contribution in [0.25, 0.3) is 0 Å². The Balaban J connectivity index is 1.64. The minimum Gasteiger partial charge on any atom is -0.484 e. The van der Waals surface area contributed by atoms with Crippen LogP contribution in [0.15, 0.2) is 41.6 Å². The van der Waals surface area contributed by atoms with Crippen LogP contribution in [0.3, 0.4) is 0 Å². The molecule has 0 bridgehead atoms. The Morgan fingerprint density at radius 3 is 2.50 bits per heavy atom. The first-order valence-corrected chi connectivity index (χ1v) is 8.56. The number of fused-ring (bicyclic) bond motifs is 1. The number of nitrogens with one attached hydrogen (secondary N) is 1. The molecule has 0 aromatic heterocycles. The number of β-lactam (4-membered cyclic amide) rings is 1. The van der Waals surface area contributed by atoms with Crippen molar-refractivity contribution in [1.29, 1.82) is 0 Å². The second-order valence-corrected chi connectivity index (χ2v) is 6.60. The van der Waals surface area contributed by atoms with Gasteiger partial charge < -0.3 is 20.3 Å². The fourth-order valence-electron chi connectivity index (χ4n) is 2.66. The maximum Gasteiger partial charge on any atom is 0.353 e. The van der Waals surface area contributed by atoms with Crippen molar-refractivity contribution in [3.8, 4) is 5.75 Å². The molecule has 0 saturated carbocycles. The first-order chi connectivity index (χ1) is 12.4. The highest BCUT2D eigenvalue weighted by Crippen LogP contribution is 2.40. The minimum atomic E-state index is -1.49. The van der Waals surface area contributed by atoms with E-state index in [9.17, 15) is 24.3 Å². The second-order valence-electron chi connectivity index (χ2n) is 5.49. The van der Waals surface area contributed by atoms with Gasteiger partial charge in [0.05, 0.1) is 5.57 Å². The number of carbonyl (C=O) groups is 4. The molecule has 1 aromatic rings. The number of carboxylic acids is 2. The van der Waals surface area contributed by atoms with Gasteiger partial charge in [-0.2, -0.15) is 0 Å². The number of ether oxygens (including phenoxy) is 1. The van der Waals surface area contributed by atoms with Crippen molar-refractivity contribution in [1.82, 2.24) is 10.2 Å². The third-order valence-corrected chi connectivity index (χ3v) is 5.14. The zero-order valence-electron chi connectivity index (χ0n) is 13.2. The fourth-order valence-corrected chi connectivity index (χ4v) is 4.00. The van der Waals surface area contributed by atoms with Gasteiger partial charge in [0.25, 0.3) is 11.8 Å². The summed E-state index contributed by atoms with van der Waals surface area (Å²) in [5, 5.41) is 20.2. The van der Waals surface area contributed by atoms with Crippen LogP contribution in [-0.2, 0) is 19.2 Å². The van der Waals surface area contributed by atoms with E-state index < -0.39 is 40.9 Å². The fraction of sp³-hybridized carbons (Fsp3) is 0.250. The van der Waals surface area contributed by atoms with Gasteiger partial charge in [0, 0.05) is 5.75 Å². The summed E-state index contributed by atoms with van der Waals surface area (Å²) in [5.41, 5.74) is -0.887. The molecule has 136 valence electrons. The number of para-hydroxylation sites is 1. The predicted molar refractivity (Wildman–Crippen MR) is 89.3 cm³/mol. The van der Waals surface area contributed by atoms with E-state index in [4.69, 9.17) is 9.84 Å². The molecule has 2 heterocycles. The lowest BCUT2D eigenvalue weighted by Gasteiger charge is -2.48. The third kappa shape index (κ3) is 3.23. The van der Waals surface area contributed by atoms with E-state index in [1.807, 2.05) is 0 Å². The molecule has 10 heteroatoms. The molecule has 0 aliphatic carbocycles. The number of aliphatic carboxylic acids is 2. The molecule has 1 unspecified atom stereocenters. The molecule has 2 atom stereocenters. The lowest BCUT2D eigenvalue weighted by Crippen LogP contribution is -2.71. The molecule has 2 amide bonds. The molecule has 1 saturated heterocycles. The van der Waals surface area contributed by atoms with Crippen molar-refractivity contribution in [2.45, 2.75) is 11.4 Å². The van der Waals surface area contributed by atoms with Gasteiger partial charge in [-0.05, 0) is 12.1 Å². The predicted octanol–water partition coefficient (Wildman–Crippen LogP) is -0.111. The van der Waals surface area contributed by atoms with Crippen LogP contribution in [0.5, 0.6) is 5.75 Å². The summed E-state index contributed by atoms with van der Waals surface area (Å²) in [5.74, 6) is -3.64. The molecule has 1 fully saturated rings. The topological polar surface area (TPSA) is 133 Å². The quantitative estimate of drug-likeness (QED) is 0.584. The van der Waals surface area contributed by atoms with Crippen LogP contribution in [-0.4, -0.2) is 62.6 Å². The number of nitrogens with zero attached hydrogens (tertiary/aromatic N) is 1. The number of hydrogen-bond donors (Lipinski definition) is 3. The van der Waals surface area contributed by atoms with Gasteiger partial charge >= 0.3 is 11.9 Å². The van der Waals surface area contributed by atoms with Gasteiger partial charge in [0.1, 0.15) is 22.9 Å². The summed E-state index contributed by atoms with van der Waals surface area (Å²) < 4.78 is 5.29. The van der Waals surface area contributed by atoms with E-state index in [-0.39, 0.29) is 17.9 Å². The maximum absolute atomic E-state index is 12.3. The molecule has 0 radical (unpaired) electrons. The molecule has 3 N–H and O–H groups in total. The van der Waals surface area contributed by atoms with E-state index in [0.29, 0.717) is 5.75 Å². The second kappa shape index (κ2) is 7.08. The van der Waals surface area contributed by atoms with Gasteiger partial charge in [0.15, 0.2) is 6.61 Å². The van der Waals surface area contributed by atoms with Crippen molar-refractivity contribution >= 4 is 35.5 Å². The Labute approximate surface area is 151 Å². The Hall–Kier alpha value is -3.01. The van der Waals surface area contributed by atoms with E-state index >= 15 is 0 Å². The number of hydrogen-bond acceptors (Lipinski definition) is 6. The number of thioether (sulfide) groups is 1. The average molecular weight is 378 g/mol. The van der Waals surface area contributed by atoms with Crippen LogP contribution in [0, 0.1) is 0 Å². The Morgan fingerprint density at radius 2 is 1.88 bits per heavy atom. The Kier molecular flexibility index (Phi) is 4.85. The van der Waals surface area contributed by atoms with Crippen molar-refractivity contribution < 1.29 is 34.1 Å². The van der Waals surface area contributed by atoms with Crippen molar-refractivity contribution in [2.75, 3.05) is 12.4 Å². The summed E-state index contributed by atoms with van der Waals surface area (Å²) in [6.45, 7) is -0.298. The first kappa shape index (κ1) is 17.8. The third-order valence-electron chi connectivity index (χ3n) is 3.86. The Morgan fingerprint density at radius 1 is 1.19 bits per heavy atom. The average Bonchev–Trinajstić information content (AvgIpc) is 2.63. The summed E-state index contributed by atoms with van der Waals surface area (Å²) in [4.78, 5) is 47.7. The molecule has 2 aliphatic rings. The number of benzene rings is 1. The van der Waals surface area contributed by atoms with Gasteiger partial charge in [-0.25, -0.2) is 9.59 Å². The van der Waals surface area contributed by atoms with Crippen molar-refractivity contribution in [3.63, 3.8) is 0 Å². The van der Waals surface area contributed by atoms with Crippen LogP contribution >= 0.6 is 11.8 Å². The summed E-state index contributed by atoms with van der Waals surface area (Å²) >= 11 is 1.09. The molecule has 0 spiro atoms. The van der Waals surface area contributed by atoms with Crippen LogP contribution in [0.2, 0.25) is 0 Å². The highest BCUT2D eigenvalue weighted by molar-refractivity contribution is 8.00. The van der Waals surface area contributed by atoms with E-state index in [2.05, 4.69) is 5.32 Å². The maximum atomic E-state index is 12.3. The number of carboxylic acid groups (broad SMARTS) is 2. The largest absolute Gasteiger partial charge is 0.484 e. The lowest BCUT2D eigenvalue weighted by molar-refractivity contribution is -0.151. The van der Waals surface area contributed by atoms with E-state index in [1.165, 1.54) is 0 Å². The summed E-state index contributed by atoms with van der Waals surface area (Å²) in [7, 11) is 0. The van der Waals surface area contributed by atoms with Crippen LogP contribution < -0.4 is 10.1 Å². The molecule has 2 aliphatic heterocycles. The van der Waals surface area contributed by atoms with Gasteiger partial charge in [-0.15, -0.1) is 11.8 Å². The molecule has 3 rings (SSSR count). The summed E-state index contributed by atoms with van der Waals surface area (Å²) in [6, 6.07) is 7.73. The number of amides is 2. The molecule has 9 nitrogen and oxygen atoms in total. The molecular formula is C16H14N2O7S. The summed E-state index contributed by atoms with van der Waals surface area (Å²) in [6.07, 6.45) is 0. The molecule has 1 aromatic carbocycles. The van der Waals surface area contributed by atoms with E-state index in [0.717, 1.165) is 16.7 Å². The highest BCUT2D eigenvalue weighted by Gasteiger charge is 2.55. The van der Waals surface area contributed by atoms with Gasteiger partial charge in [-0.1, -0.05) is 18.2 Å². The zero-order chi connectivity index (χ0) is 18.8. The number of carbonyl (C=O) groups excluding carboxylic acids is 2. The standard InChI is InChI=1S/C16H14N2O7S/c19-10(6-25-8-4-2-1-3-5-8)17-11-13(20)18-12(16(23)24)9(15(21)22)7-26-14(11)18/h1-5,11,14H,6-7H2,(H,17,19)(H,21,22)(H,23,24)/t11?,14-/m0/s1. The number of rotatable bonds is 6. The van der Waals surface area contributed by atoms with Gasteiger partial charge in [-0.3, -0.25) is 14.5 Å². The SMILES string of the molecule is O=C(COc1ccccc1)NC1C(=O)N2C(C(=O)O)=C(C(=O)O)CS[C@@H]12. The smallest absolute Gasteiger partial charge is 0.353 e. The molecular weight excluding hydrogens is 364 g/mol. The normalized spacial score (nSPS) is 21.5. The lowest BCUT2D eigenvalue weighted by atomic mass is 10.0. The highest BCUT2D eigenvalue weighted by atomic mass is 32.2. The Bertz CT molecular complexity index is 808. The first-order valence-electron chi connectivity index (χ1n) is 7.51. The zero-order valence-corrected chi connectivity index (χ0v) is 14.1. The van der Waals surface area contributed by atoms with Crippen LogP contribution in [0.4, 0.5) is 0 Å². The van der Waals surface area contributed by atoms with Gasteiger partial charge in [0.2, 0.25) is 0 Å². The van der Waals surface area contributed by atoms with Crippen molar-refractivity contribution in [2.24, 2.45) is 0 Å². The minimum absolute atomic E-state index is 0.0711. The van der Waals surface area contributed by atoms with E-state index in [1.54, 1.807) is 30.3 Å². The monoisotopic (exact) mass is 378 g/mol. The molecule has 26 heavy (non-hydrogen) atoms. The van der Waals surface area contributed by atoms with Crippen molar-refractivity contribution in [3.05, 3.63) is 41.6 Å². The van der Waals surface area contributed by atoms with Crippen LogP contribution in [0.1, 0.15) is 0 Å².